The van der Waals surface area contributed by atoms with E-state index in [2.05, 4.69) is 0 Å². The third-order valence-corrected chi connectivity index (χ3v) is 4.21. The Hall–Kier alpha value is -2.08. The molecule has 1 aliphatic rings. The molecular formula is C17H23NO5. The number of carboxylic acids is 1. The summed E-state index contributed by atoms with van der Waals surface area (Å²) in [5.74, 6) is -0.836. The molecule has 1 heterocycles. The van der Waals surface area contributed by atoms with Crippen LogP contribution in [0.2, 0.25) is 0 Å². The molecule has 0 unspecified atom stereocenters. The highest BCUT2D eigenvalue weighted by atomic mass is 16.5. The molecular weight excluding hydrogens is 298 g/mol. The minimum absolute atomic E-state index is 0.00794. The topological polar surface area (TPSA) is 76.1 Å². The van der Waals surface area contributed by atoms with Crippen molar-refractivity contribution in [2.75, 3.05) is 27.4 Å². The molecule has 1 saturated heterocycles. The molecule has 2 rings (SSSR count). The van der Waals surface area contributed by atoms with Crippen molar-refractivity contribution >= 4 is 11.9 Å². The van der Waals surface area contributed by atoms with Gasteiger partial charge in [0.2, 0.25) is 5.91 Å². The second-order valence-electron chi connectivity index (χ2n) is 5.64. The van der Waals surface area contributed by atoms with E-state index in [9.17, 15) is 14.7 Å². The predicted octanol–water partition coefficient (Wildman–Crippen LogP) is 2.10. The fraction of sp³-hybridized carbons (Fsp3) is 0.529. The molecule has 6 heteroatoms. The van der Waals surface area contributed by atoms with Crippen LogP contribution in [0.4, 0.5) is 0 Å². The lowest BCUT2D eigenvalue weighted by molar-refractivity contribution is -0.152. The third kappa shape index (κ3) is 4.01. The molecule has 1 N–H and O–H groups in total. The largest absolute Gasteiger partial charge is 0.497 e. The zero-order valence-electron chi connectivity index (χ0n) is 13.5. The van der Waals surface area contributed by atoms with Crippen molar-refractivity contribution in [2.45, 2.75) is 25.3 Å². The number of aliphatic carboxylic acids is 1. The maximum atomic E-state index is 12.4. The maximum Gasteiger partial charge on any atom is 0.308 e. The van der Waals surface area contributed by atoms with Crippen molar-refractivity contribution in [3.05, 3.63) is 29.8 Å². The van der Waals surface area contributed by atoms with Crippen LogP contribution in [0.3, 0.4) is 0 Å². The van der Waals surface area contributed by atoms with E-state index in [0.717, 1.165) is 5.56 Å². The Morgan fingerprint density at radius 3 is 2.83 bits per heavy atom. The molecule has 1 fully saturated rings. The molecule has 126 valence electrons. The van der Waals surface area contributed by atoms with Gasteiger partial charge in [0.1, 0.15) is 5.75 Å². The van der Waals surface area contributed by atoms with Crippen molar-refractivity contribution in [1.82, 2.24) is 4.90 Å². The summed E-state index contributed by atoms with van der Waals surface area (Å²) in [5, 5.41) is 9.58. The number of carbonyl (C=O) groups excluding carboxylic acids is 1. The Kier molecular flexibility index (Phi) is 5.98. The molecule has 23 heavy (non-hydrogen) atoms. The summed E-state index contributed by atoms with van der Waals surface area (Å²) in [4.78, 5) is 25.7. The van der Waals surface area contributed by atoms with E-state index >= 15 is 0 Å². The number of hydrogen-bond donors (Lipinski definition) is 1. The van der Waals surface area contributed by atoms with Crippen LogP contribution >= 0.6 is 0 Å². The summed E-state index contributed by atoms with van der Waals surface area (Å²) < 4.78 is 10.3. The highest BCUT2D eigenvalue weighted by molar-refractivity contribution is 5.81. The fourth-order valence-electron chi connectivity index (χ4n) is 3.09. The molecule has 1 aromatic rings. The van der Waals surface area contributed by atoms with Crippen LogP contribution in [0.1, 0.15) is 30.9 Å². The first kappa shape index (κ1) is 17.3. The Morgan fingerprint density at radius 2 is 2.17 bits per heavy atom. The molecule has 0 bridgehead atoms. The van der Waals surface area contributed by atoms with Crippen molar-refractivity contribution in [2.24, 2.45) is 5.92 Å². The van der Waals surface area contributed by atoms with Gasteiger partial charge in [0, 0.05) is 26.7 Å². The number of piperidine rings is 1. The molecule has 1 aromatic carbocycles. The Labute approximate surface area is 136 Å². The summed E-state index contributed by atoms with van der Waals surface area (Å²) >= 11 is 0. The second-order valence-corrected chi connectivity index (χ2v) is 5.64. The zero-order chi connectivity index (χ0) is 16.8. The van der Waals surface area contributed by atoms with E-state index in [-0.39, 0.29) is 12.3 Å². The van der Waals surface area contributed by atoms with Gasteiger partial charge in [-0.05, 0) is 30.5 Å². The van der Waals surface area contributed by atoms with Crippen LogP contribution in [0.25, 0.3) is 0 Å². The molecule has 6 nitrogen and oxygen atoms in total. The van der Waals surface area contributed by atoms with Gasteiger partial charge in [0.15, 0.2) is 0 Å². The lowest BCUT2D eigenvalue weighted by Gasteiger charge is -2.40. The molecule has 1 aliphatic heterocycles. The normalized spacial score (nSPS) is 21.3. The van der Waals surface area contributed by atoms with Crippen molar-refractivity contribution < 1.29 is 24.2 Å². The number of carboxylic acid groups (broad SMARTS) is 1. The highest BCUT2D eigenvalue weighted by Crippen LogP contribution is 2.38. The summed E-state index contributed by atoms with van der Waals surface area (Å²) in [6.45, 7) is 1.02. The average Bonchev–Trinajstić information content (AvgIpc) is 2.56. The summed E-state index contributed by atoms with van der Waals surface area (Å²) in [7, 11) is 3.17. The lowest BCUT2D eigenvalue weighted by Crippen LogP contribution is -2.45. The highest BCUT2D eigenvalue weighted by Gasteiger charge is 2.40. The molecule has 0 spiro atoms. The number of methoxy groups -OCH3 is 2. The number of hydrogen-bond acceptors (Lipinski definition) is 4. The minimum Gasteiger partial charge on any atom is -0.497 e. The quantitative estimate of drug-likeness (QED) is 0.778. The van der Waals surface area contributed by atoms with Gasteiger partial charge in [-0.1, -0.05) is 12.1 Å². The third-order valence-electron chi connectivity index (χ3n) is 4.21. The van der Waals surface area contributed by atoms with E-state index in [1.165, 1.54) is 0 Å². The van der Waals surface area contributed by atoms with Crippen LogP contribution in [-0.4, -0.2) is 49.3 Å². The van der Waals surface area contributed by atoms with Gasteiger partial charge < -0.3 is 19.5 Å². The number of ether oxygens (including phenoxy) is 2. The van der Waals surface area contributed by atoms with Gasteiger partial charge >= 0.3 is 5.97 Å². The summed E-state index contributed by atoms with van der Waals surface area (Å²) in [6, 6.07) is 6.81. The predicted molar refractivity (Wildman–Crippen MR) is 84.3 cm³/mol. The van der Waals surface area contributed by atoms with Gasteiger partial charge in [0.05, 0.1) is 19.1 Å². The van der Waals surface area contributed by atoms with E-state index in [1.54, 1.807) is 25.2 Å². The molecule has 0 radical (unpaired) electrons. The summed E-state index contributed by atoms with van der Waals surface area (Å²) in [5.41, 5.74) is 0.794. The van der Waals surface area contributed by atoms with Gasteiger partial charge in [0.25, 0.3) is 0 Å². The van der Waals surface area contributed by atoms with Crippen molar-refractivity contribution in [3.63, 3.8) is 0 Å². The Morgan fingerprint density at radius 1 is 1.39 bits per heavy atom. The Balaban J connectivity index is 2.34. The molecule has 0 saturated carbocycles. The zero-order valence-corrected chi connectivity index (χ0v) is 13.5. The van der Waals surface area contributed by atoms with Crippen LogP contribution in [0, 0.1) is 5.92 Å². The van der Waals surface area contributed by atoms with Crippen LogP contribution in [0.15, 0.2) is 24.3 Å². The van der Waals surface area contributed by atoms with E-state index in [1.807, 2.05) is 18.2 Å². The minimum atomic E-state index is -0.873. The maximum absolute atomic E-state index is 12.4. The SMILES string of the molecule is COCCCN1C(=O)CC[C@@H](C(=O)O)[C@H]1c1cccc(OC)c1. The monoisotopic (exact) mass is 321 g/mol. The number of amides is 1. The molecule has 0 aromatic heterocycles. The van der Waals surface area contributed by atoms with Crippen molar-refractivity contribution in [3.8, 4) is 5.75 Å². The van der Waals surface area contributed by atoms with Crippen LogP contribution in [0.5, 0.6) is 5.75 Å². The van der Waals surface area contributed by atoms with Gasteiger partial charge in [-0.2, -0.15) is 0 Å². The molecule has 0 aliphatic carbocycles. The smallest absolute Gasteiger partial charge is 0.308 e. The number of likely N-dealkylation sites (tertiary alicyclic amines) is 1. The summed E-state index contributed by atoms with van der Waals surface area (Å²) in [6.07, 6.45) is 1.30. The van der Waals surface area contributed by atoms with Crippen molar-refractivity contribution in [1.29, 1.82) is 0 Å². The number of benzene rings is 1. The van der Waals surface area contributed by atoms with E-state index in [0.29, 0.717) is 31.7 Å². The standard InChI is InChI=1S/C17H23NO5/c1-22-10-4-9-18-15(19)8-7-14(17(20)21)16(18)12-5-3-6-13(11-12)23-2/h3,5-6,11,14,16H,4,7-10H2,1-2H3,(H,20,21)/t14-,16-/m1/s1. The average molecular weight is 321 g/mol. The number of carbonyl (C=O) groups is 2. The molecule has 1 amide bonds. The van der Waals surface area contributed by atoms with Gasteiger partial charge in [-0.15, -0.1) is 0 Å². The first-order chi connectivity index (χ1) is 11.1. The van der Waals surface area contributed by atoms with Crippen LogP contribution < -0.4 is 4.74 Å². The first-order valence-corrected chi connectivity index (χ1v) is 7.73. The lowest BCUT2D eigenvalue weighted by atomic mass is 9.84. The van der Waals surface area contributed by atoms with Gasteiger partial charge in [-0.3, -0.25) is 9.59 Å². The number of rotatable bonds is 7. The Bertz CT molecular complexity index is 560. The number of nitrogens with zero attached hydrogens (tertiary/aromatic N) is 1. The van der Waals surface area contributed by atoms with E-state index in [4.69, 9.17) is 9.47 Å². The van der Waals surface area contributed by atoms with Gasteiger partial charge in [-0.25, -0.2) is 0 Å². The second kappa shape index (κ2) is 7.97. The molecule has 2 atom stereocenters. The fourth-order valence-corrected chi connectivity index (χ4v) is 3.09. The van der Waals surface area contributed by atoms with E-state index < -0.39 is 17.9 Å². The van der Waals surface area contributed by atoms with Crippen LogP contribution in [-0.2, 0) is 14.3 Å². The first-order valence-electron chi connectivity index (χ1n) is 7.73.